The molecular weight excluding hydrogens is 242 g/mol. The lowest BCUT2D eigenvalue weighted by Crippen LogP contribution is -2.62. The maximum absolute atomic E-state index is 11.5. The predicted octanol–water partition coefficient (Wildman–Crippen LogP) is 2.33. The van der Waals surface area contributed by atoms with Gasteiger partial charge in [-0.15, -0.1) is 0 Å². The summed E-state index contributed by atoms with van der Waals surface area (Å²) in [6.07, 6.45) is 7.92. The number of amides is 1. The Labute approximate surface area is 113 Å². The minimum absolute atomic E-state index is 0.0194. The van der Waals surface area contributed by atoms with Crippen molar-refractivity contribution in [2.75, 3.05) is 0 Å². The smallest absolute Gasteiger partial charge is 0.303 e. The summed E-state index contributed by atoms with van der Waals surface area (Å²) in [6.45, 7) is 1.60. The molecule has 2 atom stereocenters. The number of carboxylic acids is 1. The second-order valence-corrected chi connectivity index (χ2v) is 7.32. The highest BCUT2D eigenvalue weighted by atomic mass is 16.4. The molecule has 19 heavy (non-hydrogen) atoms. The van der Waals surface area contributed by atoms with Gasteiger partial charge in [0.15, 0.2) is 0 Å². The molecular formula is C15H23NO3. The highest BCUT2D eigenvalue weighted by Crippen LogP contribution is 2.63. The van der Waals surface area contributed by atoms with Gasteiger partial charge in [0, 0.05) is 18.9 Å². The first kappa shape index (κ1) is 12.9. The summed E-state index contributed by atoms with van der Waals surface area (Å²) in [5.74, 6) is 0.767. The maximum Gasteiger partial charge on any atom is 0.303 e. The Bertz CT molecular complexity index is 404. The van der Waals surface area contributed by atoms with Crippen LogP contribution in [-0.4, -0.2) is 22.5 Å². The lowest BCUT2D eigenvalue weighted by atomic mass is 9.46. The molecule has 0 spiro atoms. The average molecular weight is 265 g/mol. The van der Waals surface area contributed by atoms with Gasteiger partial charge in [0.1, 0.15) is 0 Å². The Morgan fingerprint density at radius 1 is 1.21 bits per heavy atom. The van der Waals surface area contributed by atoms with Crippen molar-refractivity contribution in [3.63, 3.8) is 0 Å². The van der Waals surface area contributed by atoms with Crippen LogP contribution in [0.5, 0.6) is 0 Å². The Morgan fingerprint density at radius 2 is 1.84 bits per heavy atom. The minimum atomic E-state index is -0.690. The number of carbonyl (C=O) groups is 2. The van der Waals surface area contributed by atoms with Gasteiger partial charge < -0.3 is 10.4 Å². The second-order valence-electron chi connectivity index (χ2n) is 7.32. The molecule has 0 unspecified atom stereocenters. The average Bonchev–Trinajstić information content (AvgIpc) is 2.22. The van der Waals surface area contributed by atoms with E-state index in [0.29, 0.717) is 11.8 Å². The molecule has 1 amide bonds. The zero-order valence-electron chi connectivity index (χ0n) is 11.6. The number of nitrogens with one attached hydrogen (secondary N) is 1. The third-order valence-corrected chi connectivity index (χ3v) is 5.49. The standard InChI is InChI=1S/C15H23NO3/c1-10(17)16-15-7-11-4-12(8-15)6-14(5-11,9-15)3-2-13(18)19/h11-12H,2-9H2,1H3,(H,16,17)(H,18,19)/t11-,12-,14?,15?/m0/s1. The molecule has 0 radical (unpaired) electrons. The predicted molar refractivity (Wildman–Crippen MR) is 70.5 cm³/mol. The lowest BCUT2D eigenvalue weighted by Gasteiger charge is -2.62. The first-order chi connectivity index (χ1) is 8.90. The Morgan fingerprint density at radius 3 is 2.37 bits per heavy atom. The second kappa shape index (κ2) is 4.22. The van der Waals surface area contributed by atoms with Gasteiger partial charge in [-0.3, -0.25) is 9.59 Å². The highest BCUT2D eigenvalue weighted by Gasteiger charge is 2.57. The summed E-state index contributed by atoms with van der Waals surface area (Å²) < 4.78 is 0. The maximum atomic E-state index is 11.5. The topological polar surface area (TPSA) is 66.4 Å². The first-order valence-corrected chi connectivity index (χ1v) is 7.41. The molecule has 4 bridgehead atoms. The molecule has 4 rings (SSSR count). The highest BCUT2D eigenvalue weighted by molar-refractivity contribution is 5.74. The molecule has 0 heterocycles. The van der Waals surface area contributed by atoms with E-state index in [2.05, 4.69) is 5.32 Å². The summed E-state index contributed by atoms with van der Waals surface area (Å²) >= 11 is 0. The van der Waals surface area contributed by atoms with E-state index in [-0.39, 0.29) is 23.3 Å². The summed E-state index contributed by atoms with van der Waals surface area (Å²) in [6, 6.07) is 0. The van der Waals surface area contributed by atoms with Crippen LogP contribution in [0.4, 0.5) is 0 Å². The number of rotatable bonds is 4. The van der Waals surface area contributed by atoms with E-state index in [0.717, 1.165) is 25.7 Å². The molecule has 4 saturated carbocycles. The number of aliphatic carboxylic acids is 1. The van der Waals surface area contributed by atoms with E-state index >= 15 is 0 Å². The molecule has 4 nitrogen and oxygen atoms in total. The van der Waals surface area contributed by atoms with Crippen LogP contribution in [-0.2, 0) is 9.59 Å². The van der Waals surface area contributed by atoms with Crippen molar-refractivity contribution in [1.29, 1.82) is 0 Å². The molecule has 4 fully saturated rings. The zero-order valence-corrected chi connectivity index (χ0v) is 11.6. The monoisotopic (exact) mass is 265 g/mol. The SMILES string of the molecule is CC(=O)NC12C[C@H]3C[C@@H](CC(CCC(=O)O)(C3)C1)C2. The van der Waals surface area contributed by atoms with Crippen molar-refractivity contribution in [2.24, 2.45) is 17.3 Å². The van der Waals surface area contributed by atoms with E-state index < -0.39 is 5.97 Å². The van der Waals surface area contributed by atoms with E-state index in [9.17, 15) is 9.59 Å². The van der Waals surface area contributed by atoms with Gasteiger partial charge in [0.2, 0.25) is 5.91 Å². The van der Waals surface area contributed by atoms with Crippen LogP contribution in [0, 0.1) is 17.3 Å². The molecule has 4 heteroatoms. The fourth-order valence-electron chi connectivity index (χ4n) is 5.64. The summed E-state index contributed by atoms with van der Waals surface area (Å²) in [5, 5.41) is 12.2. The Balaban J connectivity index is 1.80. The summed E-state index contributed by atoms with van der Waals surface area (Å²) in [4.78, 5) is 22.4. The Hall–Kier alpha value is -1.06. The normalized spacial score (nSPS) is 43.2. The van der Waals surface area contributed by atoms with E-state index in [1.165, 1.54) is 19.3 Å². The van der Waals surface area contributed by atoms with Gasteiger partial charge in [-0.05, 0) is 62.2 Å². The van der Waals surface area contributed by atoms with Gasteiger partial charge in [0.25, 0.3) is 0 Å². The van der Waals surface area contributed by atoms with E-state index in [1.807, 2.05) is 0 Å². The molecule has 0 saturated heterocycles. The van der Waals surface area contributed by atoms with Crippen LogP contribution in [0.25, 0.3) is 0 Å². The first-order valence-electron chi connectivity index (χ1n) is 7.41. The molecule has 0 aromatic rings. The fourth-order valence-corrected chi connectivity index (χ4v) is 5.64. The van der Waals surface area contributed by atoms with Crippen molar-refractivity contribution in [2.45, 2.75) is 63.8 Å². The molecule has 4 aliphatic carbocycles. The third kappa shape index (κ3) is 2.37. The number of hydrogen-bond donors (Lipinski definition) is 2. The van der Waals surface area contributed by atoms with Crippen molar-refractivity contribution in [3.8, 4) is 0 Å². The minimum Gasteiger partial charge on any atom is -0.481 e. The summed E-state index contributed by atoms with van der Waals surface area (Å²) in [7, 11) is 0. The largest absolute Gasteiger partial charge is 0.481 e. The molecule has 0 aromatic heterocycles. The van der Waals surface area contributed by atoms with Crippen LogP contribution < -0.4 is 5.32 Å². The van der Waals surface area contributed by atoms with Gasteiger partial charge >= 0.3 is 5.97 Å². The van der Waals surface area contributed by atoms with Crippen molar-refractivity contribution >= 4 is 11.9 Å². The molecule has 4 aliphatic rings. The fraction of sp³-hybridized carbons (Fsp3) is 0.867. The molecule has 0 aromatic carbocycles. The van der Waals surface area contributed by atoms with E-state index in [4.69, 9.17) is 5.11 Å². The van der Waals surface area contributed by atoms with Gasteiger partial charge in [0.05, 0.1) is 0 Å². The van der Waals surface area contributed by atoms with Crippen LogP contribution in [0.2, 0.25) is 0 Å². The van der Waals surface area contributed by atoms with Crippen molar-refractivity contribution in [1.82, 2.24) is 5.32 Å². The van der Waals surface area contributed by atoms with Gasteiger partial charge in [-0.1, -0.05) is 0 Å². The van der Waals surface area contributed by atoms with Crippen LogP contribution >= 0.6 is 0 Å². The van der Waals surface area contributed by atoms with Crippen LogP contribution in [0.3, 0.4) is 0 Å². The number of carboxylic acid groups (broad SMARTS) is 1. The van der Waals surface area contributed by atoms with Gasteiger partial charge in [-0.2, -0.15) is 0 Å². The quantitative estimate of drug-likeness (QED) is 0.819. The van der Waals surface area contributed by atoms with Gasteiger partial charge in [-0.25, -0.2) is 0 Å². The van der Waals surface area contributed by atoms with E-state index in [1.54, 1.807) is 6.92 Å². The molecule has 0 aliphatic heterocycles. The molecule has 106 valence electrons. The van der Waals surface area contributed by atoms with Crippen molar-refractivity contribution in [3.05, 3.63) is 0 Å². The summed E-state index contributed by atoms with van der Waals surface area (Å²) in [5.41, 5.74) is 0.166. The zero-order chi connectivity index (χ0) is 13.7. The Kier molecular flexibility index (Phi) is 2.88. The lowest BCUT2D eigenvalue weighted by molar-refractivity contribution is -0.141. The number of carbonyl (C=O) groups excluding carboxylic acids is 1. The van der Waals surface area contributed by atoms with Crippen molar-refractivity contribution < 1.29 is 14.7 Å². The third-order valence-electron chi connectivity index (χ3n) is 5.49. The van der Waals surface area contributed by atoms with Crippen LogP contribution in [0.15, 0.2) is 0 Å². The molecule has 2 N–H and O–H groups in total. The number of hydrogen-bond acceptors (Lipinski definition) is 2. The van der Waals surface area contributed by atoms with Crippen LogP contribution in [0.1, 0.15) is 58.3 Å².